The van der Waals surface area contributed by atoms with Crippen molar-refractivity contribution in [2.45, 2.75) is 51.9 Å². The smallest absolute Gasteiger partial charge is 0.0682 e. The van der Waals surface area contributed by atoms with Gasteiger partial charge in [-0.25, -0.2) is 0 Å². The number of rotatable bonds is 3. The third kappa shape index (κ3) is 3.12. The van der Waals surface area contributed by atoms with Crippen molar-refractivity contribution in [3.63, 3.8) is 0 Å². The number of hydrogen-bond donors (Lipinski definition) is 1. The number of aryl methyl sites for hydroxylation is 1. The Kier molecular flexibility index (Phi) is 4.40. The largest absolute Gasteiger partial charge is 0.392 e. The summed E-state index contributed by atoms with van der Waals surface area (Å²) in [7, 11) is 0. The molecule has 134 valence electrons. The Morgan fingerprint density at radius 2 is 2.08 bits per heavy atom. The maximum absolute atomic E-state index is 9.96. The zero-order valence-corrected chi connectivity index (χ0v) is 15.4. The maximum atomic E-state index is 9.96. The summed E-state index contributed by atoms with van der Waals surface area (Å²) in [6.45, 7) is 10.6. The van der Waals surface area contributed by atoms with E-state index in [0.717, 1.165) is 38.3 Å². The predicted octanol–water partition coefficient (Wildman–Crippen LogP) is 2.13. The van der Waals surface area contributed by atoms with E-state index >= 15 is 0 Å². The summed E-state index contributed by atoms with van der Waals surface area (Å²) < 4.78 is 2.29. The quantitative estimate of drug-likeness (QED) is 0.930. The molecule has 25 heavy (non-hydrogen) atoms. The lowest BCUT2D eigenvalue weighted by Crippen LogP contribution is -2.54. The van der Waals surface area contributed by atoms with E-state index in [1.54, 1.807) is 0 Å². The fourth-order valence-electron chi connectivity index (χ4n) is 4.59. The molecule has 0 radical (unpaired) electrons. The molecule has 2 saturated heterocycles. The van der Waals surface area contributed by atoms with Gasteiger partial charge < -0.3 is 9.67 Å². The molecule has 2 aliphatic heterocycles. The number of piperazine rings is 1. The van der Waals surface area contributed by atoms with Crippen LogP contribution in [0.3, 0.4) is 0 Å². The predicted molar refractivity (Wildman–Crippen MR) is 98.9 cm³/mol. The van der Waals surface area contributed by atoms with Crippen molar-refractivity contribution >= 4 is 0 Å². The highest BCUT2D eigenvalue weighted by Crippen LogP contribution is 2.28. The second kappa shape index (κ2) is 6.56. The summed E-state index contributed by atoms with van der Waals surface area (Å²) >= 11 is 0. The molecule has 3 atom stereocenters. The third-order valence-corrected chi connectivity index (χ3v) is 5.89. The van der Waals surface area contributed by atoms with Gasteiger partial charge in [0.05, 0.1) is 18.0 Å². The molecule has 2 aliphatic rings. The van der Waals surface area contributed by atoms with Crippen molar-refractivity contribution in [1.29, 1.82) is 0 Å². The molecule has 4 rings (SSSR count). The van der Waals surface area contributed by atoms with E-state index in [1.807, 2.05) is 18.5 Å². The van der Waals surface area contributed by atoms with Crippen LogP contribution in [0.25, 0.3) is 5.69 Å². The van der Waals surface area contributed by atoms with Crippen LogP contribution in [0.2, 0.25) is 0 Å². The minimum atomic E-state index is -0.146. The highest BCUT2D eigenvalue weighted by Gasteiger charge is 2.38. The Bertz CT molecular complexity index is 742. The van der Waals surface area contributed by atoms with Crippen molar-refractivity contribution in [2.24, 2.45) is 0 Å². The fourth-order valence-corrected chi connectivity index (χ4v) is 4.59. The van der Waals surface area contributed by atoms with Gasteiger partial charge in [-0.1, -0.05) is 0 Å². The molecular formula is C20H28N4O. The van der Waals surface area contributed by atoms with Gasteiger partial charge in [0.1, 0.15) is 0 Å². The first kappa shape index (κ1) is 16.8. The number of fused-ring (bicyclic) bond motifs is 1. The molecule has 0 bridgehead atoms. The van der Waals surface area contributed by atoms with Gasteiger partial charge in [-0.05, 0) is 51.0 Å². The van der Waals surface area contributed by atoms with E-state index in [9.17, 15) is 5.11 Å². The highest BCUT2D eigenvalue weighted by molar-refractivity contribution is 5.39. The molecule has 0 unspecified atom stereocenters. The van der Waals surface area contributed by atoms with E-state index in [1.165, 1.54) is 17.0 Å². The van der Waals surface area contributed by atoms with E-state index < -0.39 is 0 Å². The lowest BCUT2D eigenvalue weighted by Gasteiger charge is -2.42. The molecule has 2 aromatic rings. The van der Waals surface area contributed by atoms with Crippen LogP contribution < -0.4 is 0 Å². The Hall–Kier alpha value is -1.69. The number of aliphatic hydroxyl groups excluding tert-OH is 1. The van der Waals surface area contributed by atoms with Crippen molar-refractivity contribution in [3.8, 4) is 5.69 Å². The van der Waals surface area contributed by atoms with Gasteiger partial charge in [0.2, 0.25) is 0 Å². The normalized spacial score (nSPS) is 27.6. The minimum Gasteiger partial charge on any atom is -0.392 e. The van der Waals surface area contributed by atoms with Crippen molar-refractivity contribution in [3.05, 3.63) is 47.5 Å². The summed E-state index contributed by atoms with van der Waals surface area (Å²) in [5.41, 5.74) is 5.07. The monoisotopic (exact) mass is 340 g/mol. The van der Waals surface area contributed by atoms with Crippen LogP contribution in [-0.4, -0.2) is 62.3 Å². The van der Waals surface area contributed by atoms with E-state index in [2.05, 4.69) is 52.3 Å². The van der Waals surface area contributed by atoms with E-state index in [0.29, 0.717) is 12.1 Å². The van der Waals surface area contributed by atoms with Gasteiger partial charge in [0.15, 0.2) is 0 Å². The van der Waals surface area contributed by atoms with Crippen molar-refractivity contribution in [1.82, 2.24) is 19.4 Å². The molecule has 2 aromatic heterocycles. The summed E-state index contributed by atoms with van der Waals surface area (Å²) in [6.07, 6.45) is 4.51. The second-order valence-electron chi connectivity index (χ2n) is 7.72. The minimum absolute atomic E-state index is 0.146. The van der Waals surface area contributed by atoms with Gasteiger partial charge in [0.25, 0.3) is 0 Å². The van der Waals surface area contributed by atoms with E-state index in [4.69, 9.17) is 0 Å². The molecular weight excluding hydrogens is 312 g/mol. The van der Waals surface area contributed by atoms with Crippen LogP contribution >= 0.6 is 0 Å². The lowest BCUT2D eigenvalue weighted by atomic mass is 10.1. The lowest BCUT2D eigenvalue weighted by molar-refractivity contribution is 0.0527. The summed E-state index contributed by atoms with van der Waals surface area (Å²) in [5.74, 6) is 0. The number of aromatic nitrogens is 2. The molecule has 0 spiro atoms. The third-order valence-electron chi connectivity index (χ3n) is 5.89. The van der Waals surface area contributed by atoms with Crippen LogP contribution in [0.5, 0.6) is 0 Å². The Morgan fingerprint density at radius 1 is 1.24 bits per heavy atom. The van der Waals surface area contributed by atoms with Crippen LogP contribution in [0.15, 0.2) is 30.6 Å². The molecule has 0 aromatic carbocycles. The fraction of sp³-hybridized carbons (Fsp3) is 0.550. The molecule has 0 saturated carbocycles. The number of hydrogen-bond acceptors (Lipinski definition) is 4. The molecule has 2 fully saturated rings. The number of pyridine rings is 1. The molecule has 0 aliphatic carbocycles. The summed E-state index contributed by atoms with van der Waals surface area (Å²) in [6, 6.07) is 7.43. The van der Waals surface area contributed by atoms with Gasteiger partial charge in [-0.3, -0.25) is 14.8 Å². The standard InChI is InChI=1S/C20H28N4O/c1-14-7-17(16(3)24(14)18-5-4-6-21-9-18)11-22-12-19-8-20(25)13-23(19)10-15(22)2/h4-7,9,15,19-20,25H,8,10-13H2,1-3H3/t15-,19-,20-/m1/s1. The molecule has 0 amide bonds. The molecule has 5 nitrogen and oxygen atoms in total. The zero-order chi connectivity index (χ0) is 17.6. The highest BCUT2D eigenvalue weighted by atomic mass is 16.3. The van der Waals surface area contributed by atoms with E-state index in [-0.39, 0.29) is 6.10 Å². The van der Waals surface area contributed by atoms with Gasteiger partial charge >= 0.3 is 0 Å². The van der Waals surface area contributed by atoms with Crippen LogP contribution in [0.4, 0.5) is 0 Å². The summed E-state index contributed by atoms with van der Waals surface area (Å²) in [5, 5.41) is 9.96. The van der Waals surface area contributed by atoms with Crippen LogP contribution in [0.1, 0.15) is 30.3 Å². The van der Waals surface area contributed by atoms with Gasteiger partial charge in [-0.2, -0.15) is 0 Å². The zero-order valence-electron chi connectivity index (χ0n) is 15.4. The average Bonchev–Trinajstić information content (AvgIpc) is 3.07. The number of aliphatic hydroxyl groups is 1. The first-order chi connectivity index (χ1) is 12.0. The van der Waals surface area contributed by atoms with Gasteiger partial charge in [-0.15, -0.1) is 0 Å². The average molecular weight is 340 g/mol. The Balaban J connectivity index is 1.55. The molecule has 1 N–H and O–H groups in total. The topological polar surface area (TPSA) is 44.5 Å². The Labute approximate surface area is 149 Å². The first-order valence-electron chi connectivity index (χ1n) is 9.27. The first-order valence-corrected chi connectivity index (χ1v) is 9.27. The Morgan fingerprint density at radius 3 is 2.84 bits per heavy atom. The molecule has 5 heteroatoms. The SMILES string of the molecule is Cc1cc(CN2C[C@H]3C[C@@H](O)CN3C[C@H]2C)c(C)n1-c1cccnc1. The second-order valence-corrected chi connectivity index (χ2v) is 7.72. The maximum Gasteiger partial charge on any atom is 0.0682 e. The summed E-state index contributed by atoms with van der Waals surface area (Å²) in [4.78, 5) is 9.30. The van der Waals surface area contributed by atoms with Gasteiger partial charge in [0, 0.05) is 55.8 Å². The molecule has 4 heterocycles. The van der Waals surface area contributed by atoms with Crippen molar-refractivity contribution in [2.75, 3.05) is 19.6 Å². The van der Waals surface area contributed by atoms with Crippen LogP contribution in [-0.2, 0) is 6.54 Å². The van der Waals surface area contributed by atoms with Crippen LogP contribution in [0, 0.1) is 13.8 Å². The van der Waals surface area contributed by atoms with Crippen molar-refractivity contribution < 1.29 is 5.11 Å². The number of nitrogens with zero attached hydrogens (tertiary/aromatic N) is 4.